The van der Waals surface area contributed by atoms with Gasteiger partial charge in [-0.2, -0.15) is 0 Å². The Morgan fingerprint density at radius 2 is 2.03 bits per heavy atom. The first-order valence-corrected chi connectivity index (χ1v) is 10.8. The van der Waals surface area contributed by atoms with Crippen LogP contribution in [0.1, 0.15) is 39.0 Å². The molecule has 3 heterocycles. The van der Waals surface area contributed by atoms with Gasteiger partial charge >= 0.3 is 5.97 Å². The number of hydrogen-bond donors (Lipinski definition) is 1. The second kappa shape index (κ2) is 6.27. The quantitative estimate of drug-likeness (QED) is 0.566. The Balaban J connectivity index is 1.79. The summed E-state index contributed by atoms with van der Waals surface area (Å²) in [5.41, 5.74) is 0.648. The van der Waals surface area contributed by atoms with Gasteiger partial charge in [0.1, 0.15) is 0 Å². The zero-order valence-corrected chi connectivity index (χ0v) is 17.1. The van der Waals surface area contributed by atoms with E-state index in [0.29, 0.717) is 19.5 Å². The van der Waals surface area contributed by atoms with E-state index in [1.807, 2.05) is 17.9 Å². The number of fused-ring (bicyclic) bond motifs is 3. The Kier molecular flexibility index (Phi) is 4.12. The highest BCUT2D eigenvalue weighted by atomic mass is 16.5. The fourth-order valence-electron chi connectivity index (χ4n) is 7.37. The first-order valence-electron chi connectivity index (χ1n) is 10.8. The monoisotopic (exact) mass is 399 g/mol. The van der Waals surface area contributed by atoms with E-state index < -0.39 is 10.8 Å². The number of methoxy groups -OCH3 is 1. The summed E-state index contributed by atoms with van der Waals surface area (Å²) in [5, 5.41) is 10.8. The smallest absolute Gasteiger partial charge is 0.309 e. The van der Waals surface area contributed by atoms with Crippen molar-refractivity contribution in [3.8, 4) is 0 Å². The minimum Gasteiger partial charge on any atom is -0.469 e. The largest absolute Gasteiger partial charge is 0.469 e. The summed E-state index contributed by atoms with van der Waals surface area (Å²) in [5.74, 6) is -0.812. The van der Waals surface area contributed by atoms with E-state index >= 15 is 0 Å². The number of piperidine rings is 1. The third kappa shape index (κ3) is 2.18. The van der Waals surface area contributed by atoms with Crippen LogP contribution in [-0.2, 0) is 19.1 Å². The Labute approximate surface area is 171 Å². The average molecular weight is 399 g/mol. The Morgan fingerprint density at radius 3 is 2.76 bits per heavy atom. The summed E-state index contributed by atoms with van der Waals surface area (Å²) in [7, 11) is 1.41. The predicted octanol–water partition coefficient (Wildman–Crippen LogP) is 1.88. The van der Waals surface area contributed by atoms with Gasteiger partial charge in [-0.1, -0.05) is 24.1 Å². The van der Waals surface area contributed by atoms with Crippen molar-refractivity contribution < 1.29 is 24.2 Å². The number of nitrogens with zero attached hydrogens (tertiary/aromatic N) is 1. The number of hydrogen-bond acceptors (Lipinski definition) is 5. The molecule has 6 unspecified atom stereocenters. The molecule has 0 aromatic carbocycles. The fourth-order valence-corrected chi connectivity index (χ4v) is 7.37. The molecule has 6 aliphatic rings. The van der Waals surface area contributed by atoms with Crippen LogP contribution in [0.5, 0.6) is 0 Å². The third-order valence-corrected chi connectivity index (χ3v) is 8.68. The molecule has 6 heteroatoms. The molecule has 0 radical (unpaired) electrons. The minimum atomic E-state index is -0.933. The van der Waals surface area contributed by atoms with Crippen LogP contribution in [0, 0.1) is 34.5 Å². The van der Waals surface area contributed by atoms with Gasteiger partial charge in [-0.05, 0) is 50.0 Å². The van der Waals surface area contributed by atoms with Gasteiger partial charge in [-0.25, -0.2) is 0 Å². The highest BCUT2D eigenvalue weighted by Gasteiger charge is 2.72. The zero-order chi connectivity index (χ0) is 20.6. The van der Waals surface area contributed by atoms with E-state index in [0.717, 1.165) is 31.3 Å². The fraction of sp³-hybridized carbons (Fsp3) is 0.696. The number of carbonyl (C=O) groups excluding carboxylic acids is 3. The van der Waals surface area contributed by atoms with E-state index in [2.05, 4.69) is 0 Å². The van der Waals surface area contributed by atoms with Gasteiger partial charge in [-0.15, -0.1) is 0 Å². The molecule has 1 saturated carbocycles. The molecular formula is C23H29NO5. The summed E-state index contributed by atoms with van der Waals surface area (Å²) >= 11 is 0. The van der Waals surface area contributed by atoms with Crippen LogP contribution in [0.2, 0.25) is 0 Å². The molecule has 6 nitrogen and oxygen atoms in total. The van der Waals surface area contributed by atoms with Crippen molar-refractivity contribution in [1.29, 1.82) is 0 Å². The van der Waals surface area contributed by atoms with Crippen LogP contribution < -0.4 is 0 Å². The summed E-state index contributed by atoms with van der Waals surface area (Å²) in [6, 6.07) is 0. The molecule has 1 amide bonds. The first kappa shape index (κ1) is 19.0. The van der Waals surface area contributed by atoms with Crippen molar-refractivity contribution in [2.45, 2.75) is 39.0 Å². The standard InChI is InChI=1S/C23H29NO5/c1-13-10-24-11-15-5-3-14-4-6-16-17(20(27)29-2)9-23(19(14)16,21(24)28)22(15,12-25)8-7-18(13)26/h7-8,13,15-17,25H,3-6,9-12H2,1-2H3. The molecule has 4 bridgehead atoms. The maximum Gasteiger partial charge on any atom is 0.309 e. The molecule has 156 valence electrons. The highest BCUT2D eigenvalue weighted by Crippen LogP contribution is 2.70. The molecule has 0 aromatic heterocycles. The molecule has 3 aliphatic heterocycles. The summed E-state index contributed by atoms with van der Waals surface area (Å²) in [6.45, 7) is 2.64. The van der Waals surface area contributed by atoms with E-state index in [-0.39, 0.29) is 47.9 Å². The lowest BCUT2D eigenvalue weighted by Crippen LogP contribution is -2.64. The van der Waals surface area contributed by atoms with Crippen molar-refractivity contribution in [1.82, 2.24) is 4.90 Å². The zero-order valence-electron chi connectivity index (χ0n) is 17.1. The number of carbonyl (C=O) groups is 3. The molecular weight excluding hydrogens is 370 g/mol. The number of rotatable bonds is 2. The molecule has 2 fully saturated rings. The number of ether oxygens (including phenoxy) is 1. The molecule has 0 aromatic rings. The SMILES string of the molecule is COC(=O)C1CC23C(=O)N4CC(C)C(=O)C=CC2(CO)C(CCC2=C3C1CC2)C4. The first-order chi connectivity index (χ1) is 13.9. The van der Waals surface area contributed by atoms with E-state index in [1.165, 1.54) is 12.7 Å². The second-order valence-corrected chi connectivity index (χ2v) is 9.68. The molecule has 3 aliphatic carbocycles. The van der Waals surface area contributed by atoms with Crippen LogP contribution in [0.4, 0.5) is 0 Å². The van der Waals surface area contributed by atoms with Crippen LogP contribution in [0.25, 0.3) is 0 Å². The lowest BCUT2D eigenvalue weighted by Gasteiger charge is -2.56. The van der Waals surface area contributed by atoms with Gasteiger partial charge in [0, 0.05) is 24.4 Å². The van der Waals surface area contributed by atoms with E-state index in [4.69, 9.17) is 4.74 Å². The molecule has 1 saturated heterocycles. The number of aliphatic hydroxyl groups excluding tert-OH is 1. The van der Waals surface area contributed by atoms with Gasteiger partial charge in [0.2, 0.25) is 5.91 Å². The van der Waals surface area contributed by atoms with Crippen molar-refractivity contribution >= 4 is 17.7 Å². The molecule has 1 spiro atoms. The third-order valence-electron chi connectivity index (χ3n) is 8.68. The van der Waals surface area contributed by atoms with Crippen molar-refractivity contribution in [2.24, 2.45) is 34.5 Å². The number of aliphatic hydroxyl groups is 1. The Bertz CT molecular complexity index is 859. The van der Waals surface area contributed by atoms with Crippen LogP contribution in [0.3, 0.4) is 0 Å². The van der Waals surface area contributed by atoms with E-state index in [1.54, 1.807) is 6.08 Å². The molecule has 1 N–H and O–H groups in total. The van der Waals surface area contributed by atoms with Crippen molar-refractivity contribution in [2.75, 3.05) is 26.8 Å². The lowest BCUT2D eigenvalue weighted by molar-refractivity contribution is -0.164. The summed E-state index contributed by atoms with van der Waals surface area (Å²) in [4.78, 5) is 41.4. The molecule has 6 atom stereocenters. The molecule has 6 rings (SSSR count). The van der Waals surface area contributed by atoms with Gasteiger partial charge in [0.25, 0.3) is 0 Å². The maximum atomic E-state index is 14.2. The average Bonchev–Trinajstić information content (AvgIpc) is 3.28. The van der Waals surface area contributed by atoms with Gasteiger partial charge in [-0.3, -0.25) is 14.4 Å². The maximum absolute atomic E-state index is 14.2. The number of ketones is 1. The van der Waals surface area contributed by atoms with Crippen LogP contribution in [0.15, 0.2) is 23.3 Å². The van der Waals surface area contributed by atoms with Crippen molar-refractivity contribution in [3.63, 3.8) is 0 Å². The van der Waals surface area contributed by atoms with E-state index in [9.17, 15) is 19.5 Å². The normalized spacial score (nSPS) is 43.1. The number of esters is 1. The Morgan fingerprint density at radius 1 is 1.28 bits per heavy atom. The topological polar surface area (TPSA) is 83.9 Å². The van der Waals surface area contributed by atoms with Gasteiger partial charge in [0.05, 0.1) is 25.0 Å². The lowest BCUT2D eigenvalue weighted by atomic mass is 9.52. The Hall–Kier alpha value is -1.95. The van der Waals surface area contributed by atoms with Gasteiger partial charge in [0.15, 0.2) is 5.78 Å². The van der Waals surface area contributed by atoms with Crippen LogP contribution in [-0.4, -0.2) is 54.5 Å². The summed E-state index contributed by atoms with van der Waals surface area (Å²) < 4.78 is 5.13. The predicted molar refractivity (Wildman–Crippen MR) is 104 cm³/mol. The summed E-state index contributed by atoms with van der Waals surface area (Å²) in [6.07, 6.45) is 7.43. The second-order valence-electron chi connectivity index (χ2n) is 9.68. The van der Waals surface area contributed by atoms with Gasteiger partial charge < -0.3 is 14.7 Å². The van der Waals surface area contributed by atoms with Crippen molar-refractivity contribution in [3.05, 3.63) is 23.3 Å². The number of amides is 1. The van der Waals surface area contributed by atoms with Crippen LogP contribution >= 0.6 is 0 Å². The molecule has 29 heavy (non-hydrogen) atoms. The number of allylic oxidation sites excluding steroid dienone is 2. The minimum absolute atomic E-state index is 0.00158. The highest BCUT2D eigenvalue weighted by molar-refractivity contribution is 5.96.